The number of aryl methyl sites for hydroxylation is 2. The first-order chi connectivity index (χ1) is 10.2. The molecule has 3 N–H and O–H groups in total. The third-order valence-electron chi connectivity index (χ3n) is 4.06. The van der Waals surface area contributed by atoms with Gasteiger partial charge in [-0.15, -0.1) is 0 Å². The second kappa shape index (κ2) is 6.04. The van der Waals surface area contributed by atoms with Crippen molar-refractivity contribution in [3.8, 4) is 0 Å². The fourth-order valence-corrected chi connectivity index (χ4v) is 2.91. The van der Waals surface area contributed by atoms with Gasteiger partial charge in [0.15, 0.2) is 0 Å². The first kappa shape index (κ1) is 13.7. The number of para-hydroxylation sites is 1. The van der Waals surface area contributed by atoms with Crippen LogP contribution in [0.5, 0.6) is 0 Å². The highest BCUT2D eigenvalue weighted by atomic mass is 16.3. The van der Waals surface area contributed by atoms with E-state index < -0.39 is 0 Å². The maximum absolute atomic E-state index is 12.1. The van der Waals surface area contributed by atoms with Gasteiger partial charge in [0.1, 0.15) is 5.76 Å². The van der Waals surface area contributed by atoms with E-state index >= 15 is 0 Å². The van der Waals surface area contributed by atoms with Crippen LogP contribution in [0.4, 0.5) is 5.69 Å². The maximum atomic E-state index is 12.1. The zero-order valence-corrected chi connectivity index (χ0v) is 12.0. The van der Waals surface area contributed by atoms with Gasteiger partial charge in [-0.05, 0) is 37.0 Å². The molecule has 1 aliphatic rings. The summed E-state index contributed by atoms with van der Waals surface area (Å²) in [6.07, 6.45) is 5.83. The minimum Gasteiger partial charge on any atom is -0.469 e. The third kappa shape index (κ3) is 3.10. The van der Waals surface area contributed by atoms with E-state index in [0.29, 0.717) is 12.8 Å². The Morgan fingerprint density at radius 1 is 1.33 bits per heavy atom. The average Bonchev–Trinajstić information content (AvgIpc) is 2.96. The molecule has 1 aromatic carbocycles. The van der Waals surface area contributed by atoms with Crippen molar-refractivity contribution in [1.82, 2.24) is 5.32 Å². The Morgan fingerprint density at radius 2 is 2.19 bits per heavy atom. The molecular weight excluding hydrogens is 264 g/mol. The number of carbonyl (C=O) groups is 1. The van der Waals surface area contributed by atoms with Crippen LogP contribution in [0.2, 0.25) is 0 Å². The van der Waals surface area contributed by atoms with E-state index in [-0.39, 0.29) is 11.9 Å². The topological polar surface area (TPSA) is 68.3 Å². The highest BCUT2D eigenvalue weighted by Crippen LogP contribution is 2.30. The average molecular weight is 284 g/mol. The van der Waals surface area contributed by atoms with Crippen LogP contribution in [0.15, 0.2) is 41.0 Å². The standard InChI is InChI=1S/C17H20N2O2/c18-14-5-2-1-4-12(14)8-9-17(20)19-15-6-3-7-16-13(15)10-11-21-16/h1-2,4-5,10-11,15H,3,6-9,18H2,(H,19,20). The highest BCUT2D eigenvalue weighted by molar-refractivity contribution is 5.77. The van der Waals surface area contributed by atoms with E-state index in [2.05, 4.69) is 5.32 Å². The van der Waals surface area contributed by atoms with E-state index in [4.69, 9.17) is 10.2 Å². The van der Waals surface area contributed by atoms with Gasteiger partial charge in [-0.3, -0.25) is 4.79 Å². The Hall–Kier alpha value is -2.23. The largest absolute Gasteiger partial charge is 0.469 e. The number of anilines is 1. The van der Waals surface area contributed by atoms with Gasteiger partial charge in [0.05, 0.1) is 12.3 Å². The zero-order valence-electron chi connectivity index (χ0n) is 12.0. The van der Waals surface area contributed by atoms with E-state index in [1.54, 1.807) is 6.26 Å². The van der Waals surface area contributed by atoms with Crippen LogP contribution >= 0.6 is 0 Å². The quantitative estimate of drug-likeness (QED) is 0.848. The number of nitrogens with two attached hydrogens (primary N) is 1. The maximum Gasteiger partial charge on any atom is 0.220 e. The summed E-state index contributed by atoms with van der Waals surface area (Å²) in [5.41, 5.74) is 8.81. The Bertz CT molecular complexity index is 633. The smallest absolute Gasteiger partial charge is 0.220 e. The minimum absolute atomic E-state index is 0.0669. The van der Waals surface area contributed by atoms with Crippen molar-refractivity contribution in [2.75, 3.05) is 5.73 Å². The molecule has 0 aliphatic heterocycles. The molecule has 1 heterocycles. The van der Waals surface area contributed by atoms with E-state index in [1.807, 2.05) is 30.3 Å². The van der Waals surface area contributed by atoms with E-state index in [0.717, 1.165) is 41.8 Å². The lowest BCUT2D eigenvalue weighted by Crippen LogP contribution is -2.30. The molecule has 4 heteroatoms. The highest BCUT2D eigenvalue weighted by Gasteiger charge is 2.23. The molecule has 0 spiro atoms. The molecule has 4 nitrogen and oxygen atoms in total. The summed E-state index contributed by atoms with van der Waals surface area (Å²) in [5.74, 6) is 1.08. The Labute approximate surface area is 124 Å². The zero-order chi connectivity index (χ0) is 14.7. The van der Waals surface area contributed by atoms with Gasteiger partial charge in [0.25, 0.3) is 0 Å². The molecule has 3 rings (SSSR count). The lowest BCUT2D eigenvalue weighted by atomic mass is 9.93. The van der Waals surface area contributed by atoms with Crippen molar-refractivity contribution < 1.29 is 9.21 Å². The fourth-order valence-electron chi connectivity index (χ4n) is 2.91. The molecule has 1 unspecified atom stereocenters. The molecule has 0 saturated carbocycles. The number of rotatable bonds is 4. The SMILES string of the molecule is Nc1ccccc1CCC(=O)NC1CCCc2occc21. The summed E-state index contributed by atoms with van der Waals surface area (Å²) in [6, 6.07) is 9.75. The van der Waals surface area contributed by atoms with Crippen molar-refractivity contribution in [2.24, 2.45) is 0 Å². The van der Waals surface area contributed by atoms with Gasteiger partial charge in [-0.2, -0.15) is 0 Å². The number of nitrogen functional groups attached to an aromatic ring is 1. The lowest BCUT2D eigenvalue weighted by molar-refractivity contribution is -0.121. The predicted octanol–water partition coefficient (Wildman–Crippen LogP) is 2.99. The Kier molecular flexibility index (Phi) is 3.95. The number of hydrogen-bond donors (Lipinski definition) is 2. The molecule has 1 amide bonds. The van der Waals surface area contributed by atoms with Crippen LogP contribution in [-0.4, -0.2) is 5.91 Å². The number of furan rings is 1. The summed E-state index contributed by atoms with van der Waals surface area (Å²) in [6.45, 7) is 0. The number of carbonyl (C=O) groups excluding carboxylic acids is 1. The minimum atomic E-state index is 0.0669. The van der Waals surface area contributed by atoms with Crippen LogP contribution in [0.25, 0.3) is 0 Å². The normalized spacial score (nSPS) is 17.2. The van der Waals surface area contributed by atoms with Crippen molar-refractivity contribution >= 4 is 11.6 Å². The molecule has 0 bridgehead atoms. The molecule has 110 valence electrons. The monoisotopic (exact) mass is 284 g/mol. The van der Waals surface area contributed by atoms with Crippen molar-refractivity contribution in [3.63, 3.8) is 0 Å². The van der Waals surface area contributed by atoms with Gasteiger partial charge in [0, 0.05) is 24.1 Å². The molecule has 2 aromatic rings. The van der Waals surface area contributed by atoms with Crippen LogP contribution in [0.1, 0.15) is 42.2 Å². The summed E-state index contributed by atoms with van der Waals surface area (Å²) in [5, 5.41) is 3.11. The number of amides is 1. The number of nitrogens with one attached hydrogen (secondary N) is 1. The van der Waals surface area contributed by atoms with Gasteiger partial charge >= 0.3 is 0 Å². The van der Waals surface area contributed by atoms with Gasteiger partial charge < -0.3 is 15.5 Å². The molecule has 21 heavy (non-hydrogen) atoms. The van der Waals surface area contributed by atoms with E-state index in [1.165, 1.54) is 0 Å². The Morgan fingerprint density at radius 3 is 3.05 bits per heavy atom. The van der Waals surface area contributed by atoms with Crippen LogP contribution in [-0.2, 0) is 17.6 Å². The first-order valence-corrected chi connectivity index (χ1v) is 7.43. The fraction of sp³-hybridized carbons (Fsp3) is 0.353. The molecule has 1 atom stereocenters. The van der Waals surface area contributed by atoms with Gasteiger partial charge in [-0.1, -0.05) is 18.2 Å². The van der Waals surface area contributed by atoms with Crippen molar-refractivity contribution in [2.45, 2.75) is 38.1 Å². The molecule has 0 saturated heterocycles. The summed E-state index contributed by atoms with van der Waals surface area (Å²) in [4.78, 5) is 12.1. The van der Waals surface area contributed by atoms with E-state index in [9.17, 15) is 4.79 Å². The number of fused-ring (bicyclic) bond motifs is 1. The third-order valence-corrected chi connectivity index (χ3v) is 4.06. The molecule has 1 aromatic heterocycles. The van der Waals surface area contributed by atoms with Gasteiger partial charge in [0.2, 0.25) is 5.91 Å². The number of benzene rings is 1. The predicted molar refractivity (Wildman–Crippen MR) is 81.7 cm³/mol. The van der Waals surface area contributed by atoms with Crippen LogP contribution in [0, 0.1) is 0 Å². The van der Waals surface area contributed by atoms with Crippen molar-refractivity contribution in [1.29, 1.82) is 0 Å². The summed E-state index contributed by atoms with van der Waals surface area (Å²) in [7, 11) is 0. The molecule has 0 fully saturated rings. The Balaban J connectivity index is 1.57. The summed E-state index contributed by atoms with van der Waals surface area (Å²) >= 11 is 0. The molecular formula is C17H20N2O2. The lowest BCUT2D eigenvalue weighted by Gasteiger charge is -2.22. The number of hydrogen-bond acceptors (Lipinski definition) is 3. The van der Waals surface area contributed by atoms with Gasteiger partial charge in [-0.25, -0.2) is 0 Å². The molecule has 1 aliphatic carbocycles. The second-order valence-electron chi connectivity index (χ2n) is 5.51. The van der Waals surface area contributed by atoms with Crippen LogP contribution in [0.3, 0.4) is 0 Å². The van der Waals surface area contributed by atoms with Crippen LogP contribution < -0.4 is 11.1 Å². The summed E-state index contributed by atoms with van der Waals surface area (Å²) < 4.78 is 5.44. The second-order valence-corrected chi connectivity index (χ2v) is 5.51. The van der Waals surface area contributed by atoms with Crippen molar-refractivity contribution in [3.05, 3.63) is 53.5 Å². The molecule has 0 radical (unpaired) electrons. The first-order valence-electron chi connectivity index (χ1n) is 7.43.